The molecule has 0 spiro atoms. The van der Waals surface area contributed by atoms with Crippen molar-refractivity contribution in [1.82, 2.24) is 0 Å². The summed E-state index contributed by atoms with van der Waals surface area (Å²) in [4.78, 5) is 0. The Kier molecular flexibility index (Phi) is 11.0. The van der Waals surface area contributed by atoms with Gasteiger partial charge in [0.25, 0.3) is 0 Å². The Morgan fingerprint density at radius 1 is 0.567 bits per heavy atom. The van der Waals surface area contributed by atoms with E-state index in [4.69, 9.17) is 0 Å². The fourth-order valence-electron chi connectivity index (χ4n) is 7.36. The van der Waals surface area contributed by atoms with Gasteiger partial charge in [-0.15, -0.1) is 0 Å². The number of aliphatic hydroxyl groups excluding tert-OH is 2. The second kappa shape index (κ2) is 13.5. The quantitative estimate of drug-likeness (QED) is 0.343. The van der Waals surface area contributed by atoms with Gasteiger partial charge in [0.05, 0.1) is 0 Å². The highest BCUT2D eigenvalue weighted by Crippen LogP contribution is 2.44. The Hall–Kier alpha value is -0.0800. The van der Waals surface area contributed by atoms with E-state index in [0.717, 1.165) is 29.6 Å². The first kappa shape index (κ1) is 24.6. The molecule has 0 atom stereocenters. The Bertz CT molecular complexity index is 422. The van der Waals surface area contributed by atoms with Crippen LogP contribution in [0.1, 0.15) is 122 Å². The maximum absolute atomic E-state index is 9.43. The van der Waals surface area contributed by atoms with E-state index in [1.807, 2.05) is 0 Å². The van der Waals surface area contributed by atoms with E-state index < -0.39 is 0 Å². The number of rotatable bonds is 11. The van der Waals surface area contributed by atoms with E-state index in [2.05, 4.69) is 6.92 Å². The first-order valence-electron chi connectivity index (χ1n) is 13.9. The molecule has 0 radical (unpaired) electrons. The van der Waals surface area contributed by atoms with E-state index in [-0.39, 0.29) is 19.1 Å². The molecular weight excluding hydrogens is 368 g/mol. The third-order valence-corrected chi connectivity index (χ3v) is 9.68. The van der Waals surface area contributed by atoms with E-state index in [1.165, 1.54) is 116 Å². The average Bonchev–Trinajstić information content (AvgIpc) is 2.80. The molecule has 2 nitrogen and oxygen atoms in total. The molecule has 30 heavy (non-hydrogen) atoms. The van der Waals surface area contributed by atoms with Crippen molar-refractivity contribution in [2.75, 3.05) is 13.2 Å². The Balaban J connectivity index is 1.26. The van der Waals surface area contributed by atoms with Gasteiger partial charge in [-0.2, -0.15) is 0 Å². The molecule has 3 rings (SSSR count). The number of unbranched alkanes of at least 4 members (excludes halogenated alkanes) is 2. The zero-order valence-electron chi connectivity index (χ0n) is 20.1. The maximum Gasteiger partial charge on any atom is 0.0483 e. The third-order valence-electron chi connectivity index (χ3n) is 9.68. The molecule has 0 aromatic heterocycles. The van der Waals surface area contributed by atoms with Gasteiger partial charge in [-0.1, -0.05) is 84.0 Å². The molecule has 2 heteroatoms. The summed E-state index contributed by atoms with van der Waals surface area (Å²) < 4.78 is 0. The van der Waals surface area contributed by atoms with Gasteiger partial charge >= 0.3 is 0 Å². The van der Waals surface area contributed by atoms with Gasteiger partial charge in [-0.25, -0.2) is 0 Å². The molecule has 176 valence electrons. The Morgan fingerprint density at radius 2 is 1.00 bits per heavy atom. The Labute approximate surface area is 187 Å². The normalized spacial score (nSPS) is 35.6. The zero-order valence-corrected chi connectivity index (χ0v) is 20.1. The van der Waals surface area contributed by atoms with Crippen molar-refractivity contribution in [3.05, 3.63) is 0 Å². The van der Waals surface area contributed by atoms with Gasteiger partial charge in [0.15, 0.2) is 0 Å². The van der Waals surface area contributed by atoms with Crippen LogP contribution in [0, 0.1) is 41.4 Å². The first-order valence-corrected chi connectivity index (χ1v) is 13.9. The van der Waals surface area contributed by atoms with Crippen LogP contribution in [-0.2, 0) is 0 Å². The van der Waals surface area contributed by atoms with Crippen LogP contribution >= 0.6 is 0 Å². The molecule has 0 aromatic rings. The molecule has 3 saturated carbocycles. The second-order valence-corrected chi connectivity index (χ2v) is 11.5. The molecule has 0 heterocycles. The molecule has 0 saturated heterocycles. The van der Waals surface area contributed by atoms with Crippen molar-refractivity contribution in [2.24, 2.45) is 41.4 Å². The third kappa shape index (κ3) is 7.51. The highest BCUT2D eigenvalue weighted by Gasteiger charge is 2.31. The van der Waals surface area contributed by atoms with Crippen LogP contribution in [0.5, 0.6) is 0 Å². The highest BCUT2D eigenvalue weighted by atomic mass is 16.3. The first-order chi connectivity index (χ1) is 14.7. The van der Waals surface area contributed by atoms with Crippen LogP contribution in [0.15, 0.2) is 0 Å². The smallest absolute Gasteiger partial charge is 0.0483 e. The van der Waals surface area contributed by atoms with Gasteiger partial charge in [-0.05, 0) is 74.0 Å². The lowest BCUT2D eigenvalue weighted by atomic mass is 9.67. The molecule has 3 aliphatic rings. The molecular formula is C28H52O2. The minimum atomic E-state index is 0.132. The van der Waals surface area contributed by atoms with Crippen molar-refractivity contribution < 1.29 is 10.2 Å². The van der Waals surface area contributed by atoms with Crippen molar-refractivity contribution in [1.29, 1.82) is 0 Å². The standard InChI is InChI=1S/C28H52O2/c1-2-3-4-5-22-8-14-25(15-9-22)26-16-10-23(11-17-26)6-7-24-12-18-27(19-13-24)28(20-29)21-30/h22-30H,2-21H2,1H3. The summed E-state index contributed by atoms with van der Waals surface area (Å²) in [5.74, 6) is 5.80. The van der Waals surface area contributed by atoms with Gasteiger partial charge in [0.2, 0.25) is 0 Å². The molecule has 3 aliphatic carbocycles. The lowest BCUT2D eigenvalue weighted by Gasteiger charge is -2.38. The molecule has 2 N–H and O–H groups in total. The van der Waals surface area contributed by atoms with Gasteiger partial charge in [-0.3, -0.25) is 0 Å². The lowest BCUT2D eigenvalue weighted by Crippen LogP contribution is -2.27. The van der Waals surface area contributed by atoms with Crippen LogP contribution < -0.4 is 0 Å². The van der Waals surface area contributed by atoms with E-state index >= 15 is 0 Å². The summed E-state index contributed by atoms with van der Waals surface area (Å²) >= 11 is 0. The summed E-state index contributed by atoms with van der Waals surface area (Å²) in [6, 6.07) is 0. The van der Waals surface area contributed by atoms with Crippen LogP contribution in [0.2, 0.25) is 0 Å². The molecule has 0 aromatic carbocycles. The summed E-state index contributed by atoms with van der Waals surface area (Å²) in [5, 5.41) is 18.9. The lowest BCUT2D eigenvalue weighted by molar-refractivity contribution is 0.0766. The number of hydrogen-bond donors (Lipinski definition) is 2. The van der Waals surface area contributed by atoms with Gasteiger partial charge in [0.1, 0.15) is 0 Å². The van der Waals surface area contributed by atoms with Crippen LogP contribution in [0.4, 0.5) is 0 Å². The van der Waals surface area contributed by atoms with Gasteiger partial charge < -0.3 is 10.2 Å². The fourth-order valence-corrected chi connectivity index (χ4v) is 7.36. The van der Waals surface area contributed by atoms with Crippen LogP contribution in [-0.4, -0.2) is 23.4 Å². The van der Waals surface area contributed by atoms with E-state index in [0.29, 0.717) is 5.92 Å². The topological polar surface area (TPSA) is 40.5 Å². The van der Waals surface area contributed by atoms with Crippen molar-refractivity contribution in [3.63, 3.8) is 0 Å². The second-order valence-electron chi connectivity index (χ2n) is 11.5. The van der Waals surface area contributed by atoms with Crippen molar-refractivity contribution in [2.45, 2.75) is 122 Å². The minimum absolute atomic E-state index is 0.132. The molecule has 0 unspecified atom stereocenters. The van der Waals surface area contributed by atoms with Gasteiger partial charge in [0, 0.05) is 19.1 Å². The predicted octanol–water partition coefficient (Wildman–Crippen LogP) is 7.37. The largest absolute Gasteiger partial charge is 0.396 e. The maximum atomic E-state index is 9.43. The summed E-state index contributed by atoms with van der Waals surface area (Å²) in [6.45, 7) is 2.65. The molecule has 0 aliphatic heterocycles. The Morgan fingerprint density at radius 3 is 1.43 bits per heavy atom. The molecule has 0 bridgehead atoms. The SMILES string of the molecule is CCCCCC1CCC(C2CCC(CCC3CCC(C(CO)CO)CC3)CC2)CC1. The minimum Gasteiger partial charge on any atom is -0.396 e. The number of aliphatic hydroxyl groups is 2. The van der Waals surface area contributed by atoms with Crippen molar-refractivity contribution in [3.8, 4) is 0 Å². The molecule has 3 fully saturated rings. The molecule has 0 amide bonds. The van der Waals surface area contributed by atoms with Crippen molar-refractivity contribution >= 4 is 0 Å². The van der Waals surface area contributed by atoms with E-state index in [9.17, 15) is 10.2 Å². The van der Waals surface area contributed by atoms with E-state index in [1.54, 1.807) is 0 Å². The fraction of sp³-hybridized carbons (Fsp3) is 1.00. The van der Waals surface area contributed by atoms with Crippen LogP contribution in [0.3, 0.4) is 0 Å². The summed E-state index contributed by atoms with van der Waals surface area (Å²) in [7, 11) is 0. The monoisotopic (exact) mass is 420 g/mol. The summed E-state index contributed by atoms with van der Waals surface area (Å²) in [6.07, 6.45) is 26.0. The number of hydrogen-bond acceptors (Lipinski definition) is 2. The summed E-state index contributed by atoms with van der Waals surface area (Å²) in [5.41, 5.74) is 0. The predicted molar refractivity (Wildman–Crippen MR) is 127 cm³/mol. The zero-order chi connectivity index (χ0) is 21.2. The highest BCUT2D eigenvalue weighted by molar-refractivity contribution is 4.83. The average molecular weight is 421 g/mol. The van der Waals surface area contributed by atoms with Crippen LogP contribution in [0.25, 0.3) is 0 Å².